The van der Waals surface area contributed by atoms with Gasteiger partial charge in [-0.1, -0.05) is 12.1 Å². The molecule has 3 rings (SSSR count). The van der Waals surface area contributed by atoms with Crippen LogP contribution in [0.5, 0.6) is 0 Å². The highest BCUT2D eigenvalue weighted by Crippen LogP contribution is 2.29. The second-order valence-corrected chi connectivity index (χ2v) is 7.72. The summed E-state index contributed by atoms with van der Waals surface area (Å²) in [5.74, 6) is 0.0891. The largest absolute Gasteiger partial charge is 0.416 e. The second-order valence-electron chi connectivity index (χ2n) is 7.72. The fraction of sp³-hybridized carbons (Fsp3) is 0.300. The summed E-state index contributed by atoms with van der Waals surface area (Å²) in [5.41, 5.74) is 0.570. The van der Waals surface area contributed by atoms with Gasteiger partial charge in [-0.25, -0.2) is 15.0 Å². The molecular formula is C20H21F3N6O. The normalized spacial score (nSPS) is 12.5. The Hall–Kier alpha value is -3.43. The fourth-order valence-corrected chi connectivity index (χ4v) is 2.59. The lowest BCUT2D eigenvalue weighted by atomic mass is 10.1. The lowest BCUT2D eigenvalue weighted by molar-refractivity contribution is -0.137. The third-order valence-electron chi connectivity index (χ3n) is 4.05. The topological polar surface area (TPSA) is 86.3 Å². The summed E-state index contributed by atoms with van der Waals surface area (Å²) in [5, 5.41) is 8.49. The molecular weight excluding hydrogens is 397 g/mol. The van der Waals surface area contributed by atoms with Gasteiger partial charge < -0.3 is 10.3 Å². The van der Waals surface area contributed by atoms with Gasteiger partial charge in [-0.2, -0.15) is 18.3 Å². The molecule has 7 nitrogen and oxygen atoms in total. The smallest absolute Gasteiger partial charge is 0.347 e. The molecule has 2 heterocycles. The van der Waals surface area contributed by atoms with Gasteiger partial charge in [0, 0.05) is 18.8 Å². The Morgan fingerprint density at radius 3 is 2.47 bits per heavy atom. The van der Waals surface area contributed by atoms with Gasteiger partial charge in [0.25, 0.3) is 5.91 Å². The number of carbonyl (C=O) groups is 1. The number of amides is 1. The zero-order chi connectivity index (χ0) is 22.1. The summed E-state index contributed by atoms with van der Waals surface area (Å²) >= 11 is 0. The number of nitrogens with zero attached hydrogens (tertiary/aromatic N) is 4. The van der Waals surface area contributed by atoms with Crippen molar-refractivity contribution in [1.82, 2.24) is 20.3 Å². The molecule has 0 unspecified atom stereocenters. The molecule has 0 saturated heterocycles. The van der Waals surface area contributed by atoms with Crippen LogP contribution in [0.4, 0.5) is 19.0 Å². The van der Waals surface area contributed by atoms with E-state index in [1.165, 1.54) is 29.6 Å². The van der Waals surface area contributed by atoms with E-state index in [-0.39, 0.29) is 5.91 Å². The Bertz CT molecular complexity index is 1080. The first-order valence-corrected chi connectivity index (χ1v) is 9.06. The SMILES string of the molecule is CN(/N=C\c1ccc(C(F)(F)F)cc1)c1cnc2[nH]cc(C(=O)NC(C)(C)C)c2n1. The van der Waals surface area contributed by atoms with E-state index in [2.05, 4.69) is 25.4 Å². The molecule has 0 aliphatic carbocycles. The van der Waals surface area contributed by atoms with Gasteiger partial charge in [0.1, 0.15) is 5.52 Å². The van der Waals surface area contributed by atoms with Gasteiger partial charge in [-0.3, -0.25) is 4.79 Å². The highest BCUT2D eigenvalue weighted by atomic mass is 19.4. The maximum Gasteiger partial charge on any atom is 0.416 e. The summed E-state index contributed by atoms with van der Waals surface area (Å²) in [4.78, 5) is 24.1. The van der Waals surface area contributed by atoms with E-state index in [0.29, 0.717) is 28.1 Å². The minimum absolute atomic E-state index is 0.281. The highest BCUT2D eigenvalue weighted by Gasteiger charge is 2.29. The number of aromatic amines is 1. The Kier molecular flexibility index (Phi) is 5.51. The molecule has 3 aromatic rings. The van der Waals surface area contributed by atoms with Crippen LogP contribution in [-0.2, 0) is 6.18 Å². The van der Waals surface area contributed by atoms with E-state index in [0.717, 1.165) is 12.1 Å². The third-order valence-corrected chi connectivity index (χ3v) is 4.05. The molecule has 2 aromatic heterocycles. The molecule has 0 saturated carbocycles. The molecule has 158 valence electrons. The molecule has 30 heavy (non-hydrogen) atoms. The highest BCUT2D eigenvalue weighted by molar-refractivity contribution is 6.04. The van der Waals surface area contributed by atoms with E-state index >= 15 is 0 Å². The van der Waals surface area contributed by atoms with Crippen LogP contribution in [0.1, 0.15) is 42.3 Å². The predicted molar refractivity (Wildman–Crippen MR) is 109 cm³/mol. The average Bonchev–Trinajstić information content (AvgIpc) is 3.07. The first kappa shape index (κ1) is 21.3. The number of hydrazone groups is 1. The number of halogens is 3. The Balaban J connectivity index is 1.81. The molecule has 0 aliphatic rings. The maximum absolute atomic E-state index is 12.6. The van der Waals surface area contributed by atoms with Crippen molar-refractivity contribution in [3.05, 3.63) is 53.3 Å². The third kappa shape index (κ3) is 4.94. The summed E-state index contributed by atoms with van der Waals surface area (Å²) in [6.45, 7) is 5.63. The van der Waals surface area contributed by atoms with Gasteiger partial charge in [0.2, 0.25) is 0 Å². The molecule has 2 N–H and O–H groups in total. The van der Waals surface area contributed by atoms with Crippen LogP contribution in [-0.4, -0.2) is 39.7 Å². The van der Waals surface area contributed by atoms with Crippen molar-refractivity contribution in [3.63, 3.8) is 0 Å². The van der Waals surface area contributed by atoms with E-state index in [9.17, 15) is 18.0 Å². The quantitative estimate of drug-likeness (QED) is 0.496. The molecule has 10 heteroatoms. The van der Waals surface area contributed by atoms with Crippen LogP contribution in [0.25, 0.3) is 11.2 Å². The summed E-state index contributed by atoms with van der Waals surface area (Å²) in [6, 6.07) is 4.65. The molecule has 1 amide bonds. The van der Waals surface area contributed by atoms with E-state index in [4.69, 9.17) is 0 Å². The number of anilines is 1. The number of rotatable bonds is 4. The second kappa shape index (κ2) is 7.77. The molecule has 0 bridgehead atoms. The van der Waals surface area contributed by atoms with Gasteiger partial charge >= 0.3 is 6.18 Å². The Morgan fingerprint density at radius 1 is 1.20 bits per heavy atom. The maximum atomic E-state index is 12.6. The zero-order valence-corrected chi connectivity index (χ0v) is 16.9. The van der Waals surface area contributed by atoms with Crippen molar-refractivity contribution in [3.8, 4) is 0 Å². The number of hydrogen-bond donors (Lipinski definition) is 2. The van der Waals surface area contributed by atoms with E-state index in [1.54, 1.807) is 13.2 Å². The van der Waals surface area contributed by atoms with E-state index in [1.807, 2.05) is 20.8 Å². The number of nitrogens with one attached hydrogen (secondary N) is 2. The molecule has 0 spiro atoms. The number of aromatic nitrogens is 3. The minimum atomic E-state index is -4.38. The van der Waals surface area contributed by atoms with E-state index < -0.39 is 17.3 Å². The van der Waals surface area contributed by atoms with Gasteiger partial charge in [-0.05, 0) is 38.5 Å². The van der Waals surface area contributed by atoms with Crippen LogP contribution < -0.4 is 10.3 Å². The lowest BCUT2D eigenvalue weighted by Crippen LogP contribution is -2.40. The van der Waals surface area contributed by atoms with Crippen LogP contribution in [0, 0.1) is 0 Å². The molecule has 0 fully saturated rings. The molecule has 1 aromatic carbocycles. The number of benzene rings is 1. The number of alkyl halides is 3. The lowest BCUT2D eigenvalue weighted by Gasteiger charge is -2.20. The van der Waals surface area contributed by atoms with Crippen molar-refractivity contribution in [2.24, 2.45) is 5.10 Å². The van der Waals surface area contributed by atoms with Crippen LogP contribution in [0.2, 0.25) is 0 Å². The number of carbonyl (C=O) groups excluding carboxylic acids is 1. The molecule has 0 atom stereocenters. The first-order valence-electron chi connectivity index (χ1n) is 9.06. The monoisotopic (exact) mass is 418 g/mol. The zero-order valence-electron chi connectivity index (χ0n) is 16.9. The van der Waals surface area contributed by atoms with Crippen molar-refractivity contribution in [2.75, 3.05) is 12.1 Å². The van der Waals surface area contributed by atoms with Gasteiger partial charge in [-0.15, -0.1) is 0 Å². The Morgan fingerprint density at radius 2 is 1.87 bits per heavy atom. The molecule has 0 aliphatic heterocycles. The van der Waals surface area contributed by atoms with Gasteiger partial charge in [0.15, 0.2) is 11.5 Å². The average molecular weight is 418 g/mol. The fourth-order valence-electron chi connectivity index (χ4n) is 2.59. The van der Waals surface area contributed by atoms with Crippen molar-refractivity contribution >= 4 is 29.1 Å². The minimum Gasteiger partial charge on any atom is -0.347 e. The van der Waals surface area contributed by atoms with Crippen molar-refractivity contribution < 1.29 is 18.0 Å². The predicted octanol–water partition coefficient (Wildman–Crippen LogP) is 3.98. The summed E-state index contributed by atoms with van der Waals surface area (Å²) in [6.07, 6.45) is 0.0523. The van der Waals surface area contributed by atoms with Gasteiger partial charge in [0.05, 0.1) is 23.5 Å². The number of fused-ring (bicyclic) bond motifs is 1. The molecule has 0 radical (unpaired) electrons. The number of hydrogen-bond acceptors (Lipinski definition) is 5. The Labute approximate surface area is 171 Å². The number of H-pyrrole nitrogens is 1. The van der Waals surface area contributed by atoms with Crippen molar-refractivity contribution in [1.29, 1.82) is 0 Å². The summed E-state index contributed by atoms with van der Waals surface area (Å²) < 4.78 is 37.9. The van der Waals surface area contributed by atoms with Crippen LogP contribution in [0.15, 0.2) is 41.8 Å². The van der Waals surface area contributed by atoms with Crippen molar-refractivity contribution in [2.45, 2.75) is 32.5 Å². The first-order chi connectivity index (χ1) is 13.9. The van der Waals surface area contributed by atoms with Crippen LogP contribution in [0.3, 0.4) is 0 Å². The van der Waals surface area contributed by atoms with Crippen LogP contribution >= 0.6 is 0 Å². The summed E-state index contributed by atoms with van der Waals surface area (Å²) in [7, 11) is 1.62. The standard InChI is InChI=1S/C20H21F3N6O/c1-19(2,3)28-18(30)14-10-24-17-16(14)27-15(11-25-17)29(4)26-9-12-5-7-13(8-6-12)20(21,22)23/h5-11H,1-4H3,(H,24,25)(H,28,30)/b26-9-.